The van der Waals surface area contributed by atoms with E-state index in [2.05, 4.69) is 65.7 Å². The number of carbonyl (C=O) groups is 1. The fourth-order valence-electron chi connectivity index (χ4n) is 4.85. The van der Waals surface area contributed by atoms with E-state index in [1.54, 1.807) is 12.1 Å². The number of nitrogens with one attached hydrogen (secondary N) is 1. The fourth-order valence-corrected chi connectivity index (χ4v) is 4.85. The van der Waals surface area contributed by atoms with Crippen LogP contribution in [0.3, 0.4) is 0 Å². The van der Waals surface area contributed by atoms with Gasteiger partial charge >= 0.3 is 5.97 Å². The molecule has 0 amide bonds. The van der Waals surface area contributed by atoms with E-state index in [1.807, 2.05) is 30.3 Å². The quantitative estimate of drug-likeness (QED) is 0.331. The van der Waals surface area contributed by atoms with E-state index in [0.717, 1.165) is 36.5 Å². The molecule has 4 aromatic rings. The van der Waals surface area contributed by atoms with Crippen LogP contribution in [0, 0.1) is 0 Å². The number of carboxylic acids is 1. The smallest absolute Gasteiger partial charge is 0.335 e. The lowest BCUT2D eigenvalue weighted by molar-refractivity contribution is 0.0697. The number of aromatic carboxylic acids is 1. The van der Waals surface area contributed by atoms with E-state index < -0.39 is 5.97 Å². The van der Waals surface area contributed by atoms with Crippen LogP contribution in [0.1, 0.15) is 40.9 Å². The third-order valence-corrected chi connectivity index (χ3v) is 6.70. The number of hydrogen-bond acceptors (Lipinski definition) is 4. The Morgan fingerprint density at radius 3 is 2.57 bits per heavy atom. The molecule has 5 nitrogen and oxygen atoms in total. The molecule has 1 aliphatic rings. The Morgan fingerprint density at radius 2 is 1.74 bits per heavy atom. The first kappa shape index (κ1) is 22.9. The summed E-state index contributed by atoms with van der Waals surface area (Å²) < 4.78 is 6.35. The van der Waals surface area contributed by atoms with Crippen LogP contribution in [0.25, 0.3) is 10.8 Å². The van der Waals surface area contributed by atoms with Gasteiger partial charge in [-0.1, -0.05) is 66.7 Å². The Kier molecular flexibility index (Phi) is 6.68. The van der Waals surface area contributed by atoms with Gasteiger partial charge in [0, 0.05) is 12.6 Å². The first-order valence-corrected chi connectivity index (χ1v) is 12.1. The minimum absolute atomic E-state index is 0.0652. The van der Waals surface area contributed by atoms with Crippen LogP contribution in [-0.2, 0) is 6.54 Å². The molecule has 2 N–H and O–H groups in total. The second-order valence-electron chi connectivity index (χ2n) is 9.12. The Morgan fingerprint density at radius 1 is 1.00 bits per heavy atom. The van der Waals surface area contributed by atoms with Gasteiger partial charge in [0.2, 0.25) is 0 Å². The van der Waals surface area contributed by atoms with Crippen LogP contribution in [0.5, 0.6) is 5.75 Å². The molecule has 1 heterocycles. The van der Waals surface area contributed by atoms with Gasteiger partial charge in [0.05, 0.1) is 17.8 Å². The molecule has 5 rings (SSSR count). The zero-order valence-electron chi connectivity index (χ0n) is 19.9. The van der Waals surface area contributed by atoms with Crippen LogP contribution in [-0.4, -0.2) is 30.3 Å². The molecule has 5 heteroatoms. The maximum Gasteiger partial charge on any atom is 0.335 e. The van der Waals surface area contributed by atoms with Crippen molar-refractivity contribution in [3.8, 4) is 5.75 Å². The van der Waals surface area contributed by atoms with Crippen LogP contribution in [0.15, 0.2) is 91.0 Å². The van der Waals surface area contributed by atoms with Crippen molar-refractivity contribution in [3.05, 3.63) is 108 Å². The van der Waals surface area contributed by atoms with Crippen molar-refractivity contribution in [2.45, 2.75) is 32.0 Å². The van der Waals surface area contributed by atoms with Crippen molar-refractivity contribution in [2.24, 2.45) is 0 Å². The van der Waals surface area contributed by atoms with Crippen molar-refractivity contribution in [3.63, 3.8) is 0 Å². The first-order valence-electron chi connectivity index (χ1n) is 12.1. The molecule has 2 unspecified atom stereocenters. The Hall–Kier alpha value is -3.83. The highest BCUT2D eigenvalue weighted by Gasteiger charge is 2.25. The lowest BCUT2D eigenvalue weighted by Crippen LogP contribution is -2.41. The summed E-state index contributed by atoms with van der Waals surface area (Å²) in [5.74, 6) is -0.00781. The van der Waals surface area contributed by atoms with Crippen LogP contribution >= 0.6 is 0 Å². The molecule has 4 aromatic carbocycles. The molecule has 35 heavy (non-hydrogen) atoms. The second-order valence-corrected chi connectivity index (χ2v) is 9.12. The van der Waals surface area contributed by atoms with E-state index in [0.29, 0.717) is 12.1 Å². The monoisotopic (exact) mass is 466 g/mol. The lowest BCUT2D eigenvalue weighted by Gasteiger charge is -2.36. The van der Waals surface area contributed by atoms with E-state index in [1.165, 1.54) is 16.3 Å². The Balaban J connectivity index is 1.24. The van der Waals surface area contributed by atoms with Gasteiger partial charge in [-0.3, -0.25) is 0 Å². The third kappa shape index (κ3) is 5.15. The lowest BCUT2D eigenvalue weighted by atomic mass is 9.99. The minimum Gasteiger partial charge on any atom is -0.486 e. The summed E-state index contributed by atoms with van der Waals surface area (Å²) in [5.41, 5.74) is 3.76. The average Bonchev–Trinajstić information content (AvgIpc) is 2.88. The number of fused-ring (bicyclic) bond motifs is 2. The van der Waals surface area contributed by atoms with Gasteiger partial charge in [-0.15, -0.1) is 0 Å². The Bertz CT molecular complexity index is 1310. The minimum atomic E-state index is -0.904. The van der Waals surface area contributed by atoms with Gasteiger partial charge in [0.15, 0.2) is 0 Å². The topological polar surface area (TPSA) is 61.8 Å². The molecule has 1 aliphatic heterocycles. The number of hydrogen-bond donors (Lipinski definition) is 2. The summed E-state index contributed by atoms with van der Waals surface area (Å²) in [6.07, 6.45) is 0.952. The highest BCUT2D eigenvalue weighted by molar-refractivity contribution is 5.87. The molecular formula is C30H30N2O3. The van der Waals surface area contributed by atoms with Crippen LogP contribution in [0.2, 0.25) is 0 Å². The normalized spacial score (nSPS) is 15.9. The van der Waals surface area contributed by atoms with Crippen molar-refractivity contribution in [1.82, 2.24) is 5.32 Å². The summed E-state index contributed by atoms with van der Waals surface area (Å²) in [6.45, 7) is 4.54. The van der Waals surface area contributed by atoms with Crippen molar-refractivity contribution in [2.75, 3.05) is 18.0 Å². The average molecular weight is 467 g/mol. The van der Waals surface area contributed by atoms with Gasteiger partial charge < -0.3 is 20.1 Å². The zero-order valence-corrected chi connectivity index (χ0v) is 19.9. The molecule has 0 aliphatic carbocycles. The van der Waals surface area contributed by atoms with Gasteiger partial charge in [-0.05, 0) is 66.1 Å². The van der Waals surface area contributed by atoms with E-state index in [4.69, 9.17) is 4.74 Å². The molecule has 0 fully saturated rings. The first-order chi connectivity index (χ1) is 17.1. The molecule has 0 aromatic heterocycles. The van der Waals surface area contributed by atoms with Crippen molar-refractivity contribution < 1.29 is 14.6 Å². The number of benzene rings is 4. The number of rotatable bonds is 8. The highest BCUT2D eigenvalue weighted by Crippen LogP contribution is 2.35. The fraction of sp³-hybridized carbons (Fsp3) is 0.233. The second kappa shape index (κ2) is 10.2. The Labute approximate surface area is 206 Å². The van der Waals surface area contributed by atoms with E-state index in [-0.39, 0.29) is 12.1 Å². The predicted molar refractivity (Wildman–Crippen MR) is 140 cm³/mol. The SMILES string of the molecule is CC(NCCC1CN(Cc2ccc(C(=O)O)cc2)c2ccccc2O1)c1cccc2ccccc12. The predicted octanol–water partition coefficient (Wildman–Crippen LogP) is 6.05. The summed E-state index contributed by atoms with van der Waals surface area (Å²) in [7, 11) is 0. The molecular weight excluding hydrogens is 436 g/mol. The van der Waals surface area contributed by atoms with Crippen molar-refractivity contribution in [1.29, 1.82) is 0 Å². The summed E-state index contributed by atoms with van der Waals surface area (Å²) >= 11 is 0. The van der Waals surface area contributed by atoms with Crippen LogP contribution < -0.4 is 15.0 Å². The number of nitrogens with zero attached hydrogens (tertiary/aromatic N) is 1. The number of ether oxygens (including phenoxy) is 1. The zero-order chi connectivity index (χ0) is 24.2. The third-order valence-electron chi connectivity index (χ3n) is 6.70. The maximum atomic E-state index is 11.2. The van der Waals surface area contributed by atoms with E-state index in [9.17, 15) is 9.90 Å². The van der Waals surface area contributed by atoms with Crippen LogP contribution in [0.4, 0.5) is 5.69 Å². The molecule has 0 bridgehead atoms. The number of anilines is 1. The molecule has 2 atom stereocenters. The van der Waals surface area contributed by atoms with Gasteiger partial charge in [0.1, 0.15) is 11.9 Å². The largest absolute Gasteiger partial charge is 0.486 e. The highest BCUT2D eigenvalue weighted by atomic mass is 16.5. The number of carboxylic acid groups (broad SMARTS) is 1. The van der Waals surface area contributed by atoms with Gasteiger partial charge in [0.25, 0.3) is 0 Å². The standard InChI is InChI=1S/C30H30N2O3/c1-21(26-10-6-8-23-7-2-3-9-27(23)26)31-18-17-25-20-32(28-11-4-5-12-29(28)35-25)19-22-13-15-24(16-14-22)30(33)34/h2-16,21,25,31H,17-20H2,1H3,(H,33,34). The van der Waals surface area contributed by atoms with Gasteiger partial charge in [-0.2, -0.15) is 0 Å². The van der Waals surface area contributed by atoms with E-state index >= 15 is 0 Å². The number of para-hydroxylation sites is 2. The van der Waals surface area contributed by atoms with Crippen molar-refractivity contribution >= 4 is 22.4 Å². The van der Waals surface area contributed by atoms with Gasteiger partial charge in [-0.25, -0.2) is 4.79 Å². The maximum absolute atomic E-state index is 11.2. The molecule has 0 spiro atoms. The summed E-state index contributed by atoms with van der Waals surface area (Å²) in [4.78, 5) is 13.5. The molecule has 0 saturated heterocycles. The molecule has 0 radical (unpaired) electrons. The summed E-state index contributed by atoms with van der Waals surface area (Å²) in [5, 5.41) is 15.4. The summed E-state index contributed by atoms with van der Waals surface area (Å²) in [6, 6.07) is 30.5. The molecule has 178 valence electrons. The molecule has 0 saturated carbocycles.